The fourth-order valence-corrected chi connectivity index (χ4v) is 5.41. The summed E-state index contributed by atoms with van der Waals surface area (Å²) in [6, 6.07) is 23.9. The first-order chi connectivity index (χ1) is 16.5. The molecular weight excluding hydrogens is 450 g/mol. The Labute approximate surface area is 201 Å². The first-order valence-electron chi connectivity index (χ1n) is 11.6. The summed E-state index contributed by atoms with van der Waals surface area (Å²) in [7, 11) is -3.41. The number of fused-ring (bicyclic) bond motifs is 1. The first kappa shape index (κ1) is 24.2. The number of carbonyl (C=O) groups is 1. The zero-order valence-corrected chi connectivity index (χ0v) is 20.0. The molecule has 34 heavy (non-hydrogen) atoms. The molecule has 1 heterocycles. The molecule has 7 nitrogen and oxygen atoms in total. The number of ether oxygens (including phenoxy) is 1. The summed E-state index contributed by atoms with van der Waals surface area (Å²) in [6.45, 7) is 3.24. The lowest BCUT2D eigenvalue weighted by Gasteiger charge is -2.34. The second-order valence-corrected chi connectivity index (χ2v) is 10.5. The van der Waals surface area contributed by atoms with Crippen molar-refractivity contribution in [1.82, 2.24) is 14.5 Å². The fourth-order valence-electron chi connectivity index (χ4n) is 4.07. The number of hydrogen-bond donors (Lipinski definition) is 1. The van der Waals surface area contributed by atoms with Crippen molar-refractivity contribution in [2.75, 3.05) is 51.6 Å². The summed E-state index contributed by atoms with van der Waals surface area (Å²) in [5.74, 6) is 0.152. The minimum absolute atomic E-state index is 0.0659. The molecule has 1 amide bonds. The van der Waals surface area contributed by atoms with Gasteiger partial charge in [0.05, 0.1) is 5.75 Å². The van der Waals surface area contributed by atoms with Gasteiger partial charge in [-0.2, -0.15) is 4.31 Å². The van der Waals surface area contributed by atoms with Gasteiger partial charge in [0.25, 0.3) is 5.91 Å². The van der Waals surface area contributed by atoms with Crippen LogP contribution in [0.4, 0.5) is 0 Å². The van der Waals surface area contributed by atoms with Gasteiger partial charge in [-0.1, -0.05) is 60.7 Å². The highest BCUT2D eigenvalue weighted by Gasteiger charge is 2.26. The minimum atomic E-state index is -3.41. The van der Waals surface area contributed by atoms with E-state index in [4.69, 9.17) is 4.74 Å². The van der Waals surface area contributed by atoms with E-state index < -0.39 is 10.0 Å². The number of rotatable bonds is 10. The number of benzene rings is 3. The van der Waals surface area contributed by atoms with Crippen LogP contribution in [0.2, 0.25) is 0 Å². The Morgan fingerprint density at radius 1 is 0.882 bits per heavy atom. The van der Waals surface area contributed by atoms with Crippen LogP contribution >= 0.6 is 0 Å². The van der Waals surface area contributed by atoms with Gasteiger partial charge in [-0.3, -0.25) is 4.79 Å². The lowest BCUT2D eigenvalue weighted by Crippen LogP contribution is -2.50. The van der Waals surface area contributed by atoms with E-state index in [0.29, 0.717) is 18.8 Å². The highest BCUT2D eigenvalue weighted by atomic mass is 32.2. The highest BCUT2D eigenvalue weighted by molar-refractivity contribution is 7.89. The van der Waals surface area contributed by atoms with Crippen molar-refractivity contribution < 1.29 is 17.9 Å². The molecule has 0 spiro atoms. The predicted octanol–water partition coefficient (Wildman–Crippen LogP) is 2.52. The van der Waals surface area contributed by atoms with E-state index in [0.717, 1.165) is 36.8 Å². The number of sulfonamides is 1. The van der Waals surface area contributed by atoms with Gasteiger partial charge >= 0.3 is 0 Å². The van der Waals surface area contributed by atoms with E-state index in [1.165, 1.54) is 9.87 Å². The van der Waals surface area contributed by atoms with Gasteiger partial charge in [-0.05, 0) is 34.9 Å². The van der Waals surface area contributed by atoms with E-state index in [9.17, 15) is 13.2 Å². The van der Waals surface area contributed by atoms with E-state index in [1.807, 2.05) is 60.7 Å². The van der Waals surface area contributed by atoms with Crippen molar-refractivity contribution in [3.8, 4) is 5.75 Å². The lowest BCUT2D eigenvalue weighted by molar-refractivity contribution is -0.122. The third-order valence-corrected chi connectivity index (χ3v) is 7.93. The van der Waals surface area contributed by atoms with Crippen molar-refractivity contribution in [1.29, 1.82) is 0 Å². The molecule has 1 fully saturated rings. The van der Waals surface area contributed by atoms with Crippen LogP contribution in [0.3, 0.4) is 0 Å². The van der Waals surface area contributed by atoms with E-state index in [1.54, 1.807) is 0 Å². The maximum atomic E-state index is 12.7. The Bertz CT molecular complexity index is 1190. The molecule has 3 aromatic carbocycles. The molecule has 1 aliphatic rings. The number of carbonyl (C=O) groups excluding carboxylic acids is 1. The molecule has 0 radical (unpaired) electrons. The molecule has 0 aromatic heterocycles. The van der Waals surface area contributed by atoms with Gasteiger partial charge in [0.15, 0.2) is 6.61 Å². The van der Waals surface area contributed by atoms with Crippen LogP contribution in [-0.2, 0) is 21.2 Å². The molecule has 3 aromatic rings. The van der Waals surface area contributed by atoms with Crippen molar-refractivity contribution in [2.45, 2.75) is 6.42 Å². The molecule has 0 bridgehead atoms. The molecule has 8 heteroatoms. The van der Waals surface area contributed by atoms with Gasteiger partial charge in [-0.25, -0.2) is 8.42 Å². The number of amides is 1. The third kappa shape index (κ3) is 6.79. The Morgan fingerprint density at radius 3 is 2.35 bits per heavy atom. The Hall–Kier alpha value is -2.94. The molecule has 0 atom stereocenters. The zero-order valence-electron chi connectivity index (χ0n) is 19.2. The summed E-state index contributed by atoms with van der Waals surface area (Å²) in [4.78, 5) is 14.4. The molecule has 0 unspecified atom stereocenters. The quantitative estimate of drug-likeness (QED) is 0.482. The topological polar surface area (TPSA) is 78.9 Å². The first-order valence-corrected chi connectivity index (χ1v) is 13.2. The van der Waals surface area contributed by atoms with Gasteiger partial charge in [0.2, 0.25) is 10.0 Å². The average molecular weight is 482 g/mol. The highest BCUT2D eigenvalue weighted by Crippen LogP contribution is 2.20. The van der Waals surface area contributed by atoms with Crippen LogP contribution in [-0.4, -0.2) is 75.2 Å². The lowest BCUT2D eigenvalue weighted by atomic mass is 10.1. The summed E-state index contributed by atoms with van der Waals surface area (Å²) in [5.41, 5.74) is 1.29. The maximum absolute atomic E-state index is 12.7. The standard InChI is InChI=1S/C26H31N3O4S/c30-26(21-33-25-11-10-23-8-4-5-9-24(23)20-25)27-13-19-34(31,32)29-17-15-28(16-18-29)14-12-22-6-2-1-3-7-22/h1-11,20H,12-19,21H2,(H,27,30). The van der Waals surface area contributed by atoms with Crippen LogP contribution in [0.25, 0.3) is 10.8 Å². The van der Waals surface area contributed by atoms with Crippen LogP contribution in [0.5, 0.6) is 5.75 Å². The Balaban J connectivity index is 1.15. The van der Waals surface area contributed by atoms with Crippen molar-refractivity contribution in [3.05, 3.63) is 78.4 Å². The number of nitrogens with zero attached hydrogens (tertiary/aromatic N) is 2. The third-order valence-electron chi connectivity index (χ3n) is 6.06. The molecule has 1 N–H and O–H groups in total. The fraction of sp³-hybridized carbons (Fsp3) is 0.346. The largest absolute Gasteiger partial charge is 0.484 e. The summed E-state index contributed by atoms with van der Waals surface area (Å²) < 4.78 is 32.5. The monoisotopic (exact) mass is 481 g/mol. The predicted molar refractivity (Wildman–Crippen MR) is 134 cm³/mol. The molecule has 1 saturated heterocycles. The second-order valence-electron chi connectivity index (χ2n) is 8.44. The van der Waals surface area contributed by atoms with Crippen LogP contribution in [0.15, 0.2) is 72.8 Å². The smallest absolute Gasteiger partial charge is 0.257 e. The summed E-state index contributed by atoms with van der Waals surface area (Å²) >= 11 is 0. The van der Waals surface area contributed by atoms with Gasteiger partial charge < -0.3 is 15.0 Å². The second kappa shape index (κ2) is 11.5. The molecule has 0 aliphatic carbocycles. The van der Waals surface area contributed by atoms with Gasteiger partial charge in [-0.15, -0.1) is 0 Å². The molecule has 1 aliphatic heterocycles. The van der Waals surface area contributed by atoms with E-state index in [2.05, 4.69) is 22.3 Å². The summed E-state index contributed by atoms with van der Waals surface area (Å²) in [5, 5.41) is 4.78. The molecule has 0 saturated carbocycles. The Morgan fingerprint density at radius 2 is 1.59 bits per heavy atom. The van der Waals surface area contributed by atoms with E-state index in [-0.39, 0.29) is 24.8 Å². The number of piperazine rings is 1. The Kier molecular flexibility index (Phi) is 8.16. The number of nitrogens with one attached hydrogen (secondary N) is 1. The van der Waals surface area contributed by atoms with Gasteiger partial charge in [0, 0.05) is 39.3 Å². The summed E-state index contributed by atoms with van der Waals surface area (Å²) in [6.07, 6.45) is 0.959. The average Bonchev–Trinajstić information content (AvgIpc) is 2.87. The molecule has 180 valence electrons. The van der Waals surface area contributed by atoms with Crippen LogP contribution in [0, 0.1) is 0 Å². The minimum Gasteiger partial charge on any atom is -0.484 e. The zero-order chi connectivity index (χ0) is 23.8. The van der Waals surface area contributed by atoms with Crippen LogP contribution in [0.1, 0.15) is 5.56 Å². The maximum Gasteiger partial charge on any atom is 0.257 e. The SMILES string of the molecule is O=C(COc1ccc2ccccc2c1)NCCS(=O)(=O)N1CCN(CCc2ccccc2)CC1. The van der Waals surface area contributed by atoms with E-state index >= 15 is 0 Å². The van der Waals surface area contributed by atoms with Crippen LogP contribution < -0.4 is 10.1 Å². The molecular formula is C26H31N3O4S. The van der Waals surface area contributed by atoms with Gasteiger partial charge in [0.1, 0.15) is 5.75 Å². The van der Waals surface area contributed by atoms with Crippen molar-refractivity contribution in [2.24, 2.45) is 0 Å². The number of hydrogen-bond acceptors (Lipinski definition) is 5. The van der Waals surface area contributed by atoms with Crippen molar-refractivity contribution in [3.63, 3.8) is 0 Å². The molecule has 4 rings (SSSR count). The normalized spacial score (nSPS) is 15.3. The van der Waals surface area contributed by atoms with Crippen molar-refractivity contribution >= 4 is 26.7 Å².